The third-order valence-corrected chi connectivity index (χ3v) is 3.12. The molecular formula is C16H25NO4. The molecule has 0 aliphatic carbocycles. The standard InChI is InChI=1S/C16H25NO4/c1-16(2,3)17-10-12-8-14-15(21-11-20-14)9-13(12)19-7-5-6-18-4/h8-9,17H,5-7,10-11H2,1-4H3. The zero-order chi connectivity index (χ0) is 15.3. The van der Waals surface area contributed by atoms with Crippen LogP contribution in [0.15, 0.2) is 12.1 Å². The van der Waals surface area contributed by atoms with Gasteiger partial charge in [-0.2, -0.15) is 0 Å². The van der Waals surface area contributed by atoms with E-state index < -0.39 is 0 Å². The first-order valence-electron chi connectivity index (χ1n) is 7.29. The summed E-state index contributed by atoms with van der Waals surface area (Å²) in [5.74, 6) is 2.37. The fourth-order valence-corrected chi connectivity index (χ4v) is 1.98. The largest absolute Gasteiger partial charge is 0.493 e. The molecule has 2 rings (SSSR count). The van der Waals surface area contributed by atoms with Gasteiger partial charge in [-0.05, 0) is 26.8 Å². The van der Waals surface area contributed by atoms with Crippen molar-refractivity contribution in [1.29, 1.82) is 0 Å². The highest BCUT2D eigenvalue weighted by Crippen LogP contribution is 2.38. The molecule has 0 saturated carbocycles. The Hall–Kier alpha value is -1.46. The van der Waals surface area contributed by atoms with Gasteiger partial charge in [0.1, 0.15) is 5.75 Å². The molecule has 118 valence electrons. The molecule has 1 aromatic carbocycles. The van der Waals surface area contributed by atoms with Crippen molar-refractivity contribution in [2.45, 2.75) is 39.3 Å². The van der Waals surface area contributed by atoms with Crippen molar-refractivity contribution in [3.8, 4) is 17.2 Å². The zero-order valence-electron chi connectivity index (χ0n) is 13.3. The zero-order valence-corrected chi connectivity index (χ0v) is 13.3. The second-order valence-corrected chi connectivity index (χ2v) is 6.11. The molecule has 0 atom stereocenters. The molecule has 1 aliphatic rings. The first kappa shape index (κ1) is 15.9. The normalized spacial score (nSPS) is 13.5. The van der Waals surface area contributed by atoms with Crippen LogP contribution in [0, 0.1) is 0 Å². The van der Waals surface area contributed by atoms with E-state index in [0.29, 0.717) is 13.2 Å². The highest BCUT2D eigenvalue weighted by Gasteiger charge is 2.19. The van der Waals surface area contributed by atoms with Gasteiger partial charge in [0.25, 0.3) is 0 Å². The second kappa shape index (κ2) is 7.00. The number of ether oxygens (including phenoxy) is 4. The van der Waals surface area contributed by atoms with Crippen LogP contribution in [0.2, 0.25) is 0 Å². The Morgan fingerprint density at radius 2 is 1.86 bits per heavy atom. The lowest BCUT2D eigenvalue weighted by atomic mass is 10.1. The summed E-state index contributed by atoms with van der Waals surface area (Å²) in [5, 5.41) is 3.47. The van der Waals surface area contributed by atoms with Crippen molar-refractivity contribution >= 4 is 0 Å². The molecule has 0 bridgehead atoms. The fourth-order valence-electron chi connectivity index (χ4n) is 1.98. The molecule has 0 unspecified atom stereocenters. The minimum atomic E-state index is 0.0453. The van der Waals surface area contributed by atoms with Gasteiger partial charge in [0.05, 0.1) is 6.61 Å². The quantitative estimate of drug-likeness (QED) is 0.784. The molecule has 0 saturated heterocycles. The van der Waals surface area contributed by atoms with Crippen LogP contribution in [0.5, 0.6) is 17.2 Å². The number of rotatable bonds is 7. The average molecular weight is 295 g/mol. The SMILES string of the molecule is COCCCOc1cc2c(cc1CNC(C)(C)C)OCO2. The monoisotopic (exact) mass is 295 g/mol. The highest BCUT2D eigenvalue weighted by molar-refractivity contribution is 5.51. The molecular weight excluding hydrogens is 270 g/mol. The Balaban J connectivity index is 2.08. The maximum absolute atomic E-state index is 5.87. The first-order valence-corrected chi connectivity index (χ1v) is 7.29. The van der Waals surface area contributed by atoms with Crippen LogP contribution >= 0.6 is 0 Å². The molecule has 0 spiro atoms. The lowest BCUT2D eigenvalue weighted by Gasteiger charge is -2.22. The van der Waals surface area contributed by atoms with Gasteiger partial charge < -0.3 is 24.3 Å². The van der Waals surface area contributed by atoms with Gasteiger partial charge in [0.2, 0.25) is 6.79 Å². The van der Waals surface area contributed by atoms with Crippen LogP contribution in [0.25, 0.3) is 0 Å². The Labute approximate surface area is 126 Å². The van der Waals surface area contributed by atoms with Gasteiger partial charge in [-0.1, -0.05) is 0 Å². The average Bonchev–Trinajstić information content (AvgIpc) is 2.87. The molecule has 1 N–H and O–H groups in total. The van der Waals surface area contributed by atoms with E-state index in [1.165, 1.54) is 0 Å². The topological polar surface area (TPSA) is 49.0 Å². The van der Waals surface area contributed by atoms with E-state index in [4.69, 9.17) is 18.9 Å². The second-order valence-electron chi connectivity index (χ2n) is 6.11. The summed E-state index contributed by atoms with van der Waals surface area (Å²) in [5.41, 5.74) is 1.12. The smallest absolute Gasteiger partial charge is 0.231 e. The number of hydrogen-bond donors (Lipinski definition) is 1. The number of nitrogens with one attached hydrogen (secondary N) is 1. The Bertz CT molecular complexity index is 468. The van der Waals surface area contributed by atoms with Crippen LogP contribution in [-0.2, 0) is 11.3 Å². The summed E-state index contributed by atoms with van der Waals surface area (Å²) in [4.78, 5) is 0. The van der Waals surface area contributed by atoms with E-state index in [1.54, 1.807) is 7.11 Å². The molecule has 0 radical (unpaired) electrons. The lowest BCUT2D eigenvalue weighted by molar-refractivity contribution is 0.170. The molecule has 5 nitrogen and oxygen atoms in total. The minimum Gasteiger partial charge on any atom is -0.493 e. The van der Waals surface area contributed by atoms with E-state index in [9.17, 15) is 0 Å². The third kappa shape index (κ3) is 4.79. The van der Waals surface area contributed by atoms with Gasteiger partial charge in [-0.3, -0.25) is 0 Å². The van der Waals surface area contributed by atoms with Crippen LogP contribution in [0.4, 0.5) is 0 Å². The predicted molar refractivity (Wildman–Crippen MR) is 81.1 cm³/mol. The van der Waals surface area contributed by atoms with Crippen molar-refractivity contribution < 1.29 is 18.9 Å². The van der Waals surface area contributed by atoms with E-state index >= 15 is 0 Å². The van der Waals surface area contributed by atoms with Crippen molar-refractivity contribution in [3.05, 3.63) is 17.7 Å². The molecule has 5 heteroatoms. The Morgan fingerprint density at radius 3 is 2.52 bits per heavy atom. The predicted octanol–water partition coefficient (Wildman–Crippen LogP) is 2.72. The molecule has 21 heavy (non-hydrogen) atoms. The lowest BCUT2D eigenvalue weighted by Crippen LogP contribution is -2.35. The number of benzene rings is 1. The maximum Gasteiger partial charge on any atom is 0.231 e. The molecule has 0 fully saturated rings. The maximum atomic E-state index is 5.87. The van der Waals surface area contributed by atoms with E-state index in [2.05, 4.69) is 26.1 Å². The minimum absolute atomic E-state index is 0.0453. The summed E-state index contributed by atoms with van der Waals surface area (Å²) < 4.78 is 21.8. The van der Waals surface area contributed by atoms with Gasteiger partial charge in [0, 0.05) is 43.9 Å². The van der Waals surface area contributed by atoms with Crippen LogP contribution < -0.4 is 19.5 Å². The van der Waals surface area contributed by atoms with Crippen LogP contribution in [0.3, 0.4) is 0 Å². The van der Waals surface area contributed by atoms with Crippen molar-refractivity contribution in [2.24, 2.45) is 0 Å². The van der Waals surface area contributed by atoms with Crippen LogP contribution in [0.1, 0.15) is 32.8 Å². The van der Waals surface area contributed by atoms with E-state index in [1.807, 2.05) is 12.1 Å². The molecule has 0 aromatic heterocycles. The third-order valence-electron chi connectivity index (χ3n) is 3.12. The van der Waals surface area contributed by atoms with Gasteiger partial charge in [0.15, 0.2) is 11.5 Å². The summed E-state index contributed by atoms with van der Waals surface area (Å²) >= 11 is 0. The Morgan fingerprint density at radius 1 is 1.14 bits per heavy atom. The summed E-state index contributed by atoms with van der Waals surface area (Å²) in [6, 6.07) is 3.90. The van der Waals surface area contributed by atoms with E-state index in [0.717, 1.165) is 35.8 Å². The van der Waals surface area contributed by atoms with Gasteiger partial charge >= 0.3 is 0 Å². The summed E-state index contributed by atoms with van der Waals surface area (Å²) in [6.45, 7) is 8.72. The molecule has 1 aromatic rings. The van der Waals surface area contributed by atoms with Crippen molar-refractivity contribution in [3.63, 3.8) is 0 Å². The molecule has 0 amide bonds. The van der Waals surface area contributed by atoms with Crippen molar-refractivity contribution in [2.75, 3.05) is 27.1 Å². The number of methoxy groups -OCH3 is 1. The number of fused-ring (bicyclic) bond motifs is 1. The molecule has 1 heterocycles. The van der Waals surface area contributed by atoms with Gasteiger partial charge in [-0.25, -0.2) is 0 Å². The summed E-state index contributed by atoms with van der Waals surface area (Å²) in [7, 11) is 1.69. The first-order chi connectivity index (χ1) is 9.99. The Kier molecular flexibility index (Phi) is 5.31. The fraction of sp³-hybridized carbons (Fsp3) is 0.625. The van der Waals surface area contributed by atoms with E-state index in [-0.39, 0.29) is 12.3 Å². The van der Waals surface area contributed by atoms with Crippen LogP contribution in [-0.4, -0.2) is 32.7 Å². The van der Waals surface area contributed by atoms with Crippen molar-refractivity contribution in [1.82, 2.24) is 5.32 Å². The van der Waals surface area contributed by atoms with Gasteiger partial charge in [-0.15, -0.1) is 0 Å². The summed E-state index contributed by atoms with van der Waals surface area (Å²) in [6.07, 6.45) is 0.858. The highest BCUT2D eigenvalue weighted by atomic mass is 16.7. The number of hydrogen-bond acceptors (Lipinski definition) is 5. The molecule has 1 aliphatic heterocycles.